The first-order valence-electron chi connectivity index (χ1n) is 6.65. The van der Waals surface area contributed by atoms with E-state index in [1.54, 1.807) is 11.3 Å². The molecule has 19 heavy (non-hydrogen) atoms. The molecule has 102 valence electrons. The molecule has 1 aromatic carbocycles. The van der Waals surface area contributed by atoms with Gasteiger partial charge in [-0.25, -0.2) is 0 Å². The molecule has 0 radical (unpaired) electrons. The van der Waals surface area contributed by atoms with Gasteiger partial charge in [0.1, 0.15) is 7.59 Å². The Kier molecular flexibility index (Phi) is 4.45. The van der Waals surface area contributed by atoms with Crippen LogP contribution in [0, 0.1) is 0 Å². The lowest BCUT2D eigenvalue weighted by molar-refractivity contribution is 0.310. The van der Waals surface area contributed by atoms with Crippen LogP contribution >= 0.6 is 11.3 Å². The zero-order valence-electron chi connectivity index (χ0n) is 12.1. The predicted molar refractivity (Wildman–Crippen MR) is 90.1 cm³/mol. The number of hydrogen-bond donors (Lipinski definition) is 0. The molecule has 0 spiro atoms. The van der Waals surface area contributed by atoms with E-state index in [1.807, 2.05) is 0 Å². The van der Waals surface area contributed by atoms with E-state index in [9.17, 15) is 0 Å². The van der Waals surface area contributed by atoms with Gasteiger partial charge in [0.15, 0.2) is 7.83 Å². The predicted octanol–water partition coefficient (Wildman–Crippen LogP) is 4.16. The molecule has 1 aromatic heterocycles. The largest absolute Gasteiger partial charge is 0.415 e. The van der Waals surface area contributed by atoms with Gasteiger partial charge in [-0.05, 0) is 24.5 Å². The van der Waals surface area contributed by atoms with Gasteiger partial charge in [0.2, 0.25) is 0 Å². The van der Waals surface area contributed by atoms with Gasteiger partial charge < -0.3 is 4.43 Å². The Bertz CT molecular complexity index is 506. The summed E-state index contributed by atoms with van der Waals surface area (Å²) in [5, 5.41) is 3.63. The Hall–Kier alpha value is -0.686. The lowest BCUT2D eigenvalue weighted by atomic mass is 10.4. The fraction of sp³-hybridized carbons (Fsp3) is 0.333. The van der Waals surface area contributed by atoms with E-state index < -0.39 is 15.4 Å². The van der Waals surface area contributed by atoms with Crippen molar-refractivity contribution in [1.82, 2.24) is 0 Å². The lowest BCUT2D eigenvalue weighted by Crippen LogP contribution is -2.64. The molecule has 0 N–H and O–H groups in total. The number of rotatable bonds is 5. The summed E-state index contributed by atoms with van der Waals surface area (Å²) < 4.78 is 6.40. The highest BCUT2D eigenvalue weighted by molar-refractivity contribution is 7.43. The van der Waals surface area contributed by atoms with Gasteiger partial charge in [-0.2, -0.15) is 0 Å². The molecule has 0 unspecified atom stereocenters. The molecule has 0 saturated carbocycles. The second-order valence-electron chi connectivity index (χ2n) is 5.87. The average Bonchev–Trinajstić information content (AvgIpc) is 2.90. The van der Waals surface area contributed by atoms with E-state index in [1.165, 1.54) is 10.1 Å². The highest BCUT2D eigenvalue weighted by Crippen LogP contribution is 2.23. The Morgan fingerprint density at radius 3 is 2.21 bits per heavy atom. The summed E-state index contributed by atoms with van der Waals surface area (Å²) in [5.74, 6) is 0. The molecule has 0 aliphatic rings. The second-order valence-corrected chi connectivity index (χ2v) is 21.4. The first-order chi connectivity index (χ1) is 8.93. The maximum atomic E-state index is 6.40. The van der Waals surface area contributed by atoms with Crippen LogP contribution in [-0.4, -0.2) is 15.4 Å². The van der Waals surface area contributed by atoms with Crippen molar-refractivity contribution in [3.05, 3.63) is 52.7 Å². The van der Waals surface area contributed by atoms with Crippen molar-refractivity contribution in [2.24, 2.45) is 0 Å². The molecule has 4 heteroatoms. The first kappa shape index (κ1) is 14.7. The van der Waals surface area contributed by atoms with Crippen LogP contribution < -0.4 is 5.19 Å². The molecule has 0 amide bonds. The van der Waals surface area contributed by atoms with Gasteiger partial charge in [0, 0.05) is 4.88 Å². The second kappa shape index (κ2) is 5.75. The van der Waals surface area contributed by atoms with E-state index in [0.717, 1.165) is 6.61 Å². The summed E-state index contributed by atoms with van der Waals surface area (Å²) >= 11 is 1.78. The highest BCUT2D eigenvalue weighted by atomic mass is 32.1. The molecule has 1 nitrogen and oxygen atoms in total. The number of benzene rings is 1. The minimum absolute atomic E-state index is 0.778. The molecule has 0 saturated heterocycles. The van der Waals surface area contributed by atoms with Gasteiger partial charge in [0.25, 0.3) is 0 Å². The molecule has 1 heterocycles. The summed E-state index contributed by atoms with van der Waals surface area (Å²) in [6, 6.07) is 15.2. The third kappa shape index (κ3) is 3.26. The molecular weight excluding hydrogens is 284 g/mol. The summed E-state index contributed by atoms with van der Waals surface area (Å²) in [5.41, 5.74) is 0. The van der Waals surface area contributed by atoms with Gasteiger partial charge in [0.05, 0.1) is 6.61 Å². The van der Waals surface area contributed by atoms with Crippen molar-refractivity contribution in [2.45, 2.75) is 32.8 Å². The van der Waals surface area contributed by atoms with Crippen molar-refractivity contribution in [3.63, 3.8) is 0 Å². The molecule has 0 atom stereocenters. The van der Waals surface area contributed by atoms with Crippen LogP contribution in [0.15, 0.2) is 47.8 Å². The third-order valence-corrected chi connectivity index (χ3v) is 21.0. The van der Waals surface area contributed by atoms with Crippen molar-refractivity contribution in [3.8, 4) is 0 Å². The normalized spacial score (nSPS) is 12.6. The van der Waals surface area contributed by atoms with Gasteiger partial charge in [-0.3, -0.25) is 0 Å². The van der Waals surface area contributed by atoms with Gasteiger partial charge in [-0.15, -0.1) is 11.3 Å². The first-order valence-corrected chi connectivity index (χ1v) is 14.4. The molecule has 0 fully saturated rings. The van der Waals surface area contributed by atoms with Crippen molar-refractivity contribution in [1.29, 1.82) is 0 Å². The maximum Gasteiger partial charge on any atom is 0.179 e. The molecule has 2 rings (SSSR count). The van der Waals surface area contributed by atoms with Gasteiger partial charge >= 0.3 is 0 Å². The summed E-state index contributed by atoms with van der Waals surface area (Å²) in [6.07, 6.45) is 0. The molecule has 0 bridgehead atoms. The topological polar surface area (TPSA) is 9.23 Å². The smallest absolute Gasteiger partial charge is 0.179 e. The monoisotopic (exact) mass is 306 g/mol. The fourth-order valence-electron chi connectivity index (χ4n) is 2.03. The van der Waals surface area contributed by atoms with Crippen LogP contribution in [0.3, 0.4) is 0 Å². The molecule has 0 aliphatic heterocycles. The number of thiophene rings is 1. The number of hydrogen-bond acceptors (Lipinski definition) is 2. The zero-order chi connectivity index (χ0) is 13.9. The quantitative estimate of drug-likeness (QED) is 0.754. The molecule has 0 aliphatic carbocycles. The lowest BCUT2D eigenvalue weighted by Gasteiger charge is -2.38. The van der Waals surface area contributed by atoms with E-state index in [4.69, 9.17) is 4.43 Å². The minimum atomic E-state index is -1.68. The summed E-state index contributed by atoms with van der Waals surface area (Å²) in [4.78, 5) is 1.33. The summed E-state index contributed by atoms with van der Waals surface area (Å²) in [6.45, 7) is 10.4. The SMILES string of the molecule is C[Si](C)(OCc1cccs1)[Si](C)(C)c1ccccc1. The van der Waals surface area contributed by atoms with Crippen molar-refractivity contribution < 1.29 is 4.43 Å². The van der Waals surface area contributed by atoms with Crippen LogP contribution in [-0.2, 0) is 11.0 Å². The van der Waals surface area contributed by atoms with E-state index in [0.29, 0.717) is 0 Å². The molecule has 2 aromatic rings. The van der Waals surface area contributed by atoms with Crippen molar-refractivity contribution >= 4 is 31.9 Å². The van der Waals surface area contributed by atoms with Crippen LogP contribution in [0.1, 0.15) is 4.88 Å². The Labute approximate surface area is 122 Å². The minimum Gasteiger partial charge on any atom is -0.415 e. The zero-order valence-corrected chi connectivity index (χ0v) is 15.0. The van der Waals surface area contributed by atoms with Crippen LogP contribution in [0.25, 0.3) is 0 Å². The average molecular weight is 307 g/mol. The fourth-order valence-corrected chi connectivity index (χ4v) is 9.23. The van der Waals surface area contributed by atoms with E-state index >= 15 is 0 Å². The Balaban J connectivity index is 2.13. The Morgan fingerprint density at radius 1 is 0.947 bits per heavy atom. The van der Waals surface area contributed by atoms with Crippen molar-refractivity contribution in [2.75, 3.05) is 0 Å². The Morgan fingerprint density at radius 2 is 1.63 bits per heavy atom. The summed E-state index contributed by atoms with van der Waals surface area (Å²) in [7, 11) is -3.20. The van der Waals surface area contributed by atoms with Gasteiger partial charge in [-0.1, -0.05) is 54.7 Å². The highest BCUT2D eigenvalue weighted by Gasteiger charge is 2.44. The van der Waals surface area contributed by atoms with E-state index in [-0.39, 0.29) is 0 Å². The maximum absolute atomic E-state index is 6.40. The third-order valence-electron chi connectivity index (χ3n) is 4.16. The van der Waals surface area contributed by atoms with Crippen LogP contribution in [0.4, 0.5) is 0 Å². The standard InChI is InChI=1S/C15H22OSSi2/c1-18(2,15-10-6-5-7-11-15)19(3,4)16-13-14-9-8-12-17-14/h5-12H,13H2,1-4H3. The molecular formula is C15H22OSSi2. The van der Waals surface area contributed by atoms with Crippen LogP contribution in [0.2, 0.25) is 26.2 Å². The van der Waals surface area contributed by atoms with E-state index in [2.05, 4.69) is 74.0 Å². The van der Waals surface area contributed by atoms with Crippen LogP contribution in [0.5, 0.6) is 0 Å².